The van der Waals surface area contributed by atoms with Crippen LogP contribution in [0, 0.1) is 5.92 Å². The summed E-state index contributed by atoms with van der Waals surface area (Å²) < 4.78 is 1.71. The van der Waals surface area contributed by atoms with Crippen LogP contribution in [0.15, 0.2) is 53.3 Å². The van der Waals surface area contributed by atoms with Gasteiger partial charge in [-0.2, -0.15) is 0 Å². The fraction of sp³-hybridized carbons (Fsp3) is 0.464. The van der Waals surface area contributed by atoms with Crippen LogP contribution in [0.5, 0.6) is 0 Å². The number of hydrogen-bond acceptors (Lipinski definition) is 4. The number of carbonyl (C=O) groups is 1. The van der Waals surface area contributed by atoms with Gasteiger partial charge in [-0.25, -0.2) is 4.98 Å². The van der Waals surface area contributed by atoms with Gasteiger partial charge in [0.25, 0.3) is 5.56 Å². The molecule has 1 atom stereocenters. The summed E-state index contributed by atoms with van der Waals surface area (Å²) in [6, 6.07) is 14.7. The Hall–Kier alpha value is -2.70. The monoisotopic (exact) mass is 492 g/mol. The Kier molecular flexibility index (Phi) is 7.21. The Balaban J connectivity index is 1.35. The van der Waals surface area contributed by atoms with Gasteiger partial charge in [-0.05, 0) is 55.7 Å². The molecule has 1 unspecified atom stereocenters. The zero-order chi connectivity index (χ0) is 24.4. The van der Waals surface area contributed by atoms with Crippen molar-refractivity contribution in [3.8, 4) is 5.69 Å². The number of nitrogens with zero attached hydrogens (tertiary/aromatic N) is 4. The first-order chi connectivity index (χ1) is 17.0. The first-order valence-electron chi connectivity index (χ1n) is 12.8. The Morgan fingerprint density at radius 2 is 1.71 bits per heavy atom. The summed E-state index contributed by atoms with van der Waals surface area (Å²) in [4.78, 5) is 35.6. The second-order valence-corrected chi connectivity index (χ2v) is 10.3. The summed E-state index contributed by atoms with van der Waals surface area (Å²) in [5, 5.41) is 1.22. The minimum atomic E-state index is -0.0845. The molecule has 2 aliphatic rings. The largest absolute Gasteiger partial charge is 0.340 e. The van der Waals surface area contributed by atoms with Crippen LogP contribution in [0.1, 0.15) is 57.3 Å². The summed E-state index contributed by atoms with van der Waals surface area (Å²) in [6.07, 6.45) is 6.91. The SMILES string of the molecule is CC(c1nc2ccccc2c(=O)n1-c1ccc(Cl)cc1)N1CCN(C(=O)CCC2CCCC2)CC1. The lowest BCUT2D eigenvalue weighted by Gasteiger charge is -2.38. The fourth-order valence-electron chi connectivity index (χ4n) is 5.58. The first kappa shape index (κ1) is 24.0. The molecule has 2 fully saturated rings. The van der Waals surface area contributed by atoms with E-state index in [-0.39, 0.29) is 17.5 Å². The van der Waals surface area contributed by atoms with Crippen LogP contribution in [0.25, 0.3) is 16.6 Å². The molecule has 3 aromatic rings. The number of piperazine rings is 1. The molecular weight excluding hydrogens is 460 g/mol. The second kappa shape index (κ2) is 10.5. The maximum atomic E-state index is 13.6. The van der Waals surface area contributed by atoms with Crippen molar-refractivity contribution < 1.29 is 4.79 Å². The highest BCUT2D eigenvalue weighted by Crippen LogP contribution is 2.29. The zero-order valence-electron chi connectivity index (χ0n) is 20.3. The number of para-hydroxylation sites is 1. The predicted octanol–water partition coefficient (Wildman–Crippen LogP) is 5.21. The van der Waals surface area contributed by atoms with Crippen LogP contribution in [-0.2, 0) is 4.79 Å². The van der Waals surface area contributed by atoms with Crippen LogP contribution in [-0.4, -0.2) is 51.4 Å². The maximum Gasteiger partial charge on any atom is 0.266 e. The minimum Gasteiger partial charge on any atom is -0.340 e. The van der Waals surface area contributed by atoms with Crippen molar-refractivity contribution >= 4 is 28.4 Å². The van der Waals surface area contributed by atoms with Crippen molar-refractivity contribution in [1.82, 2.24) is 19.4 Å². The zero-order valence-corrected chi connectivity index (χ0v) is 21.1. The van der Waals surface area contributed by atoms with E-state index < -0.39 is 0 Å². The third kappa shape index (κ3) is 5.14. The van der Waals surface area contributed by atoms with Crippen molar-refractivity contribution in [1.29, 1.82) is 0 Å². The van der Waals surface area contributed by atoms with Gasteiger partial charge in [0, 0.05) is 37.6 Å². The highest BCUT2D eigenvalue weighted by Gasteiger charge is 2.28. The molecule has 1 saturated heterocycles. The smallest absolute Gasteiger partial charge is 0.266 e. The van der Waals surface area contributed by atoms with Crippen molar-refractivity contribution in [3.05, 3.63) is 69.7 Å². The summed E-state index contributed by atoms with van der Waals surface area (Å²) >= 11 is 6.11. The van der Waals surface area contributed by atoms with Crippen molar-refractivity contribution in [2.45, 2.75) is 51.5 Å². The molecule has 5 rings (SSSR count). The summed E-state index contributed by atoms with van der Waals surface area (Å²) in [5.41, 5.74) is 1.37. The Morgan fingerprint density at radius 3 is 2.43 bits per heavy atom. The lowest BCUT2D eigenvalue weighted by molar-refractivity contribution is -0.133. The number of amides is 1. The number of hydrogen-bond donors (Lipinski definition) is 0. The van der Waals surface area contributed by atoms with Crippen LogP contribution in [0.2, 0.25) is 5.02 Å². The molecule has 1 aliphatic heterocycles. The van der Waals surface area contributed by atoms with Gasteiger partial charge in [-0.1, -0.05) is 49.4 Å². The molecule has 7 heteroatoms. The van der Waals surface area contributed by atoms with Crippen molar-refractivity contribution in [2.75, 3.05) is 26.2 Å². The van der Waals surface area contributed by atoms with Gasteiger partial charge in [0.15, 0.2) is 0 Å². The summed E-state index contributed by atoms with van der Waals surface area (Å²) in [5.74, 6) is 1.73. The maximum absolute atomic E-state index is 13.6. The van der Waals surface area contributed by atoms with E-state index in [0.29, 0.717) is 41.3 Å². The minimum absolute atomic E-state index is 0.0829. The van der Waals surface area contributed by atoms with E-state index in [9.17, 15) is 9.59 Å². The molecule has 2 aromatic carbocycles. The molecule has 1 aromatic heterocycles. The normalized spacial score (nSPS) is 18.3. The van der Waals surface area contributed by atoms with E-state index in [4.69, 9.17) is 16.6 Å². The molecule has 0 N–H and O–H groups in total. The number of aromatic nitrogens is 2. The molecule has 35 heavy (non-hydrogen) atoms. The van der Waals surface area contributed by atoms with E-state index in [1.165, 1.54) is 25.7 Å². The molecule has 1 saturated carbocycles. The van der Waals surface area contributed by atoms with E-state index in [0.717, 1.165) is 31.1 Å². The standard InChI is InChI=1S/C28H33ClN4O2/c1-20(31-16-18-32(19-17-31)26(34)15-10-21-6-2-3-7-21)27-30-25-9-5-4-8-24(25)28(35)33(27)23-13-11-22(29)12-14-23/h4-5,8-9,11-14,20-21H,2-3,6-7,10,15-19H2,1H3. The molecule has 6 nitrogen and oxygen atoms in total. The lowest BCUT2D eigenvalue weighted by atomic mass is 10.0. The molecule has 0 radical (unpaired) electrons. The van der Waals surface area contributed by atoms with Crippen LogP contribution >= 0.6 is 11.6 Å². The molecule has 0 bridgehead atoms. The fourth-order valence-corrected chi connectivity index (χ4v) is 5.70. The van der Waals surface area contributed by atoms with Crippen LogP contribution in [0.4, 0.5) is 0 Å². The highest BCUT2D eigenvalue weighted by molar-refractivity contribution is 6.30. The highest BCUT2D eigenvalue weighted by atomic mass is 35.5. The summed E-state index contributed by atoms with van der Waals surface area (Å²) in [6.45, 7) is 5.05. The summed E-state index contributed by atoms with van der Waals surface area (Å²) in [7, 11) is 0. The second-order valence-electron chi connectivity index (χ2n) is 9.89. The number of rotatable bonds is 6. The van der Waals surface area contributed by atoms with Gasteiger partial charge in [0.1, 0.15) is 5.82 Å². The number of carbonyl (C=O) groups excluding carboxylic acids is 1. The van der Waals surface area contributed by atoms with Gasteiger partial charge in [0.2, 0.25) is 5.91 Å². The van der Waals surface area contributed by atoms with E-state index >= 15 is 0 Å². The molecule has 184 valence electrons. The van der Waals surface area contributed by atoms with Gasteiger partial charge in [-0.15, -0.1) is 0 Å². The van der Waals surface area contributed by atoms with Crippen LogP contribution < -0.4 is 5.56 Å². The predicted molar refractivity (Wildman–Crippen MR) is 140 cm³/mol. The number of benzene rings is 2. The number of fused-ring (bicyclic) bond motifs is 1. The third-order valence-corrected chi connectivity index (χ3v) is 7.97. The van der Waals surface area contributed by atoms with E-state index in [1.807, 2.05) is 41.3 Å². The molecule has 1 aliphatic carbocycles. The van der Waals surface area contributed by atoms with Gasteiger partial charge >= 0.3 is 0 Å². The van der Waals surface area contributed by atoms with Gasteiger partial charge in [-0.3, -0.25) is 19.1 Å². The van der Waals surface area contributed by atoms with Crippen molar-refractivity contribution in [3.63, 3.8) is 0 Å². The first-order valence-corrected chi connectivity index (χ1v) is 13.2. The number of halogens is 1. The van der Waals surface area contributed by atoms with Crippen molar-refractivity contribution in [2.24, 2.45) is 5.92 Å². The van der Waals surface area contributed by atoms with E-state index in [1.54, 1.807) is 16.7 Å². The lowest BCUT2D eigenvalue weighted by Crippen LogP contribution is -2.50. The molecular formula is C28H33ClN4O2. The average molecular weight is 493 g/mol. The topological polar surface area (TPSA) is 58.4 Å². The molecule has 1 amide bonds. The quantitative estimate of drug-likeness (QED) is 0.473. The molecule has 0 spiro atoms. The third-order valence-electron chi connectivity index (χ3n) is 7.72. The Bertz CT molecular complexity index is 1240. The average Bonchev–Trinajstić information content (AvgIpc) is 3.41. The van der Waals surface area contributed by atoms with Gasteiger partial charge < -0.3 is 4.90 Å². The Labute approximate surface area is 211 Å². The Morgan fingerprint density at radius 1 is 1.03 bits per heavy atom. The molecule has 2 heterocycles. The van der Waals surface area contributed by atoms with Gasteiger partial charge in [0.05, 0.1) is 22.6 Å². The van der Waals surface area contributed by atoms with Crippen LogP contribution in [0.3, 0.4) is 0 Å². The van der Waals surface area contributed by atoms with E-state index in [2.05, 4.69) is 11.8 Å².